The predicted molar refractivity (Wildman–Crippen MR) is 91.3 cm³/mol. The Balaban J connectivity index is 1.37. The van der Waals surface area contributed by atoms with E-state index >= 15 is 0 Å². The van der Waals surface area contributed by atoms with E-state index in [9.17, 15) is 9.18 Å². The number of carbonyl (C=O) groups excluding carboxylic acids is 1. The summed E-state index contributed by atoms with van der Waals surface area (Å²) in [6.07, 6.45) is 1.06. The molecule has 0 N–H and O–H groups in total. The fraction of sp³-hybridized carbons (Fsp3) is 0.444. The Kier molecular flexibility index (Phi) is 4.33. The number of rotatable bonds is 3. The monoisotopic (exact) mass is 345 g/mol. The number of likely N-dealkylation sites (tertiary alicyclic amines) is 2. The van der Waals surface area contributed by atoms with E-state index in [-0.39, 0.29) is 11.7 Å². The quantitative estimate of drug-likeness (QED) is 0.858. The second-order valence-electron chi connectivity index (χ2n) is 6.75. The van der Waals surface area contributed by atoms with Gasteiger partial charge in [0.15, 0.2) is 0 Å². The summed E-state index contributed by atoms with van der Waals surface area (Å²) in [5, 5.41) is 1.82. The van der Waals surface area contributed by atoms with Crippen LogP contribution in [0.2, 0.25) is 0 Å². The Labute approximate surface area is 144 Å². The van der Waals surface area contributed by atoms with E-state index in [2.05, 4.69) is 9.88 Å². The molecular weight excluding hydrogens is 325 g/mol. The van der Waals surface area contributed by atoms with Gasteiger partial charge in [-0.15, -0.1) is 11.3 Å². The van der Waals surface area contributed by atoms with Crippen molar-refractivity contribution in [2.24, 2.45) is 11.8 Å². The van der Waals surface area contributed by atoms with E-state index in [1.807, 2.05) is 22.4 Å². The topological polar surface area (TPSA) is 36.4 Å². The maximum Gasteiger partial charge on any atom is 0.273 e. The number of amides is 1. The minimum atomic E-state index is -0.190. The lowest BCUT2D eigenvalue weighted by Crippen LogP contribution is -2.43. The van der Waals surface area contributed by atoms with Gasteiger partial charge in [-0.1, -0.05) is 12.1 Å². The number of hydrogen-bond acceptors (Lipinski definition) is 4. The summed E-state index contributed by atoms with van der Waals surface area (Å²) in [7, 11) is 0. The molecule has 1 amide bonds. The summed E-state index contributed by atoms with van der Waals surface area (Å²) in [6, 6.07) is 6.75. The van der Waals surface area contributed by atoms with Gasteiger partial charge in [-0.2, -0.15) is 0 Å². The Morgan fingerprint density at radius 2 is 2.00 bits per heavy atom. The van der Waals surface area contributed by atoms with Crippen LogP contribution in [0.5, 0.6) is 0 Å². The van der Waals surface area contributed by atoms with Crippen LogP contribution in [0.1, 0.15) is 22.5 Å². The van der Waals surface area contributed by atoms with Crippen molar-refractivity contribution in [3.05, 3.63) is 52.2 Å². The molecule has 0 spiro atoms. The molecule has 0 aliphatic carbocycles. The molecule has 0 saturated carbocycles. The van der Waals surface area contributed by atoms with E-state index in [0.29, 0.717) is 17.5 Å². The van der Waals surface area contributed by atoms with Gasteiger partial charge < -0.3 is 4.90 Å². The molecule has 2 fully saturated rings. The standard InChI is InChI=1S/C18H20FN3OS/c19-16-3-1-13(2-4-16)7-21-8-14-5-6-22(10-15(14)9-21)18(23)17-11-24-12-20-17/h1-4,11-12,14-15H,5-10H2/t14-,15-/m1/s1. The van der Waals surface area contributed by atoms with Crippen molar-refractivity contribution in [3.63, 3.8) is 0 Å². The van der Waals surface area contributed by atoms with Crippen LogP contribution in [0, 0.1) is 17.7 Å². The van der Waals surface area contributed by atoms with E-state index in [0.717, 1.165) is 44.7 Å². The highest BCUT2D eigenvalue weighted by molar-refractivity contribution is 7.07. The highest BCUT2D eigenvalue weighted by Gasteiger charge is 2.38. The fourth-order valence-electron chi connectivity index (χ4n) is 3.91. The normalized spacial score (nSPS) is 24.1. The number of fused-ring (bicyclic) bond motifs is 1. The number of benzene rings is 1. The van der Waals surface area contributed by atoms with Crippen molar-refractivity contribution in [2.75, 3.05) is 26.2 Å². The second-order valence-corrected chi connectivity index (χ2v) is 7.47. The lowest BCUT2D eigenvalue weighted by molar-refractivity contribution is 0.0637. The first kappa shape index (κ1) is 15.7. The lowest BCUT2D eigenvalue weighted by atomic mass is 9.88. The number of hydrogen-bond donors (Lipinski definition) is 0. The largest absolute Gasteiger partial charge is 0.337 e. The molecule has 2 aliphatic heterocycles. The fourth-order valence-corrected chi connectivity index (χ4v) is 4.43. The van der Waals surface area contributed by atoms with E-state index in [1.165, 1.54) is 23.5 Å². The van der Waals surface area contributed by atoms with Gasteiger partial charge >= 0.3 is 0 Å². The maximum atomic E-state index is 13.0. The van der Waals surface area contributed by atoms with Crippen LogP contribution in [-0.2, 0) is 6.54 Å². The lowest BCUT2D eigenvalue weighted by Gasteiger charge is -2.34. The zero-order valence-electron chi connectivity index (χ0n) is 13.4. The third-order valence-corrected chi connectivity index (χ3v) is 5.72. The van der Waals surface area contributed by atoms with Gasteiger partial charge in [0, 0.05) is 38.1 Å². The molecule has 24 heavy (non-hydrogen) atoms. The average molecular weight is 345 g/mol. The van der Waals surface area contributed by atoms with E-state index < -0.39 is 0 Å². The number of halogens is 1. The first-order chi connectivity index (χ1) is 11.7. The number of thiazole rings is 1. The third-order valence-electron chi connectivity index (χ3n) is 5.13. The Bertz CT molecular complexity index is 704. The third kappa shape index (κ3) is 3.21. The molecule has 2 saturated heterocycles. The summed E-state index contributed by atoms with van der Waals surface area (Å²) in [5.41, 5.74) is 3.42. The summed E-state index contributed by atoms with van der Waals surface area (Å²) in [4.78, 5) is 21.0. The minimum Gasteiger partial charge on any atom is -0.337 e. The molecule has 1 aromatic carbocycles. The molecule has 6 heteroatoms. The number of piperidine rings is 1. The second kappa shape index (κ2) is 6.61. The van der Waals surface area contributed by atoms with Crippen molar-refractivity contribution in [1.29, 1.82) is 0 Å². The maximum absolute atomic E-state index is 13.0. The number of nitrogens with zero attached hydrogens (tertiary/aromatic N) is 3. The van der Waals surface area contributed by atoms with Crippen LogP contribution in [-0.4, -0.2) is 46.9 Å². The van der Waals surface area contributed by atoms with Crippen LogP contribution in [0.15, 0.2) is 35.2 Å². The molecule has 0 bridgehead atoms. The van der Waals surface area contributed by atoms with Gasteiger partial charge in [0.1, 0.15) is 11.5 Å². The van der Waals surface area contributed by atoms with E-state index in [4.69, 9.17) is 0 Å². The highest BCUT2D eigenvalue weighted by atomic mass is 32.1. The van der Waals surface area contributed by atoms with Gasteiger partial charge in [-0.05, 0) is 36.0 Å². The highest BCUT2D eigenvalue weighted by Crippen LogP contribution is 2.32. The van der Waals surface area contributed by atoms with Gasteiger partial charge in [-0.25, -0.2) is 9.37 Å². The number of aromatic nitrogens is 1. The van der Waals surface area contributed by atoms with Crippen molar-refractivity contribution in [3.8, 4) is 0 Å². The average Bonchev–Trinajstić information content (AvgIpc) is 3.24. The smallest absolute Gasteiger partial charge is 0.273 e. The summed E-state index contributed by atoms with van der Waals surface area (Å²) in [5.74, 6) is 1.06. The zero-order chi connectivity index (χ0) is 16.5. The Morgan fingerprint density at radius 1 is 1.21 bits per heavy atom. The van der Waals surface area contributed by atoms with Crippen molar-refractivity contribution >= 4 is 17.2 Å². The molecule has 0 unspecified atom stereocenters. The zero-order valence-corrected chi connectivity index (χ0v) is 14.2. The molecule has 2 atom stereocenters. The predicted octanol–water partition coefficient (Wildman–Crippen LogP) is 2.88. The molecule has 3 heterocycles. The van der Waals surface area contributed by atoms with Crippen molar-refractivity contribution < 1.29 is 9.18 Å². The molecule has 2 aliphatic rings. The van der Waals surface area contributed by atoms with Crippen LogP contribution >= 0.6 is 11.3 Å². The molecule has 0 radical (unpaired) electrons. The molecule has 4 nitrogen and oxygen atoms in total. The molecule has 1 aromatic heterocycles. The van der Waals surface area contributed by atoms with Crippen LogP contribution in [0.3, 0.4) is 0 Å². The van der Waals surface area contributed by atoms with Gasteiger partial charge in [0.25, 0.3) is 5.91 Å². The van der Waals surface area contributed by atoms with Crippen LogP contribution in [0.25, 0.3) is 0 Å². The Hall–Kier alpha value is -1.79. The van der Waals surface area contributed by atoms with Crippen LogP contribution in [0.4, 0.5) is 4.39 Å². The number of carbonyl (C=O) groups is 1. The van der Waals surface area contributed by atoms with Gasteiger partial charge in [-0.3, -0.25) is 9.69 Å². The molecule has 4 rings (SSSR count). The summed E-state index contributed by atoms with van der Waals surface area (Å²) in [6.45, 7) is 4.57. The summed E-state index contributed by atoms with van der Waals surface area (Å²) < 4.78 is 13.0. The first-order valence-electron chi connectivity index (χ1n) is 8.33. The first-order valence-corrected chi connectivity index (χ1v) is 9.27. The van der Waals surface area contributed by atoms with Crippen LogP contribution < -0.4 is 0 Å². The van der Waals surface area contributed by atoms with Crippen molar-refractivity contribution in [2.45, 2.75) is 13.0 Å². The van der Waals surface area contributed by atoms with E-state index in [1.54, 1.807) is 5.51 Å². The van der Waals surface area contributed by atoms with Gasteiger partial charge in [0.05, 0.1) is 5.51 Å². The Morgan fingerprint density at radius 3 is 2.75 bits per heavy atom. The molecular formula is C18H20FN3OS. The van der Waals surface area contributed by atoms with Crippen molar-refractivity contribution in [1.82, 2.24) is 14.8 Å². The SMILES string of the molecule is O=C(c1cscn1)N1CC[C@@H]2CN(Cc3ccc(F)cc3)C[C@@H]2C1. The van der Waals surface area contributed by atoms with Gasteiger partial charge in [0.2, 0.25) is 0 Å². The molecule has 2 aromatic rings. The minimum absolute atomic E-state index is 0.0617. The summed E-state index contributed by atoms with van der Waals surface area (Å²) >= 11 is 1.46. The molecule has 126 valence electrons.